The fourth-order valence-corrected chi connectivity index (χ4v) is 3.77. The van der Waals surface area contributed by atoms with Gasteiger partial charge in [-0.15, -0.1) is 0 Å². The molecule has 0 radical (unpaired) electrons. The highest BCUT2D eigenvalue weighted by Crippen LogP contribution is 2.59. The average Bonchev–Trinajstić information content (AvgIpc) is 2.34. The monoisotopic (exact) mass is 249 g/mol. The molecule has 0 atom stereocenters. The van der Waals surface area contributed by atoms with Crippen molar-refractivity contribution in [1.82, 2.24) is 5.32 Å². The summed E-state index contributed by atoms with van der Waals surface area (Å²) < 4.78 is 14.1. The van der Waals surface area contributed by atoms with Crippen LogP contribution in [0.25, 0.3) is 0 Å². The molecule has 100 valence electrons. The molecule has 0 aliphatic heterocycles. The molecule has 1 saturated carbocycles. The van der Waals surface area contributed by atoms with E-state index in [1.807, 2.05) is 19.2 Å². The van der Waals surface area contributed by atoms with E-state index in [0.29, 0.717) is 5.41 Å². The molecule has 2 heteroatoms. The van der Waals surface area contributed by atoms with Gasteiger partial charge in [0.2, 0.25) is 0 Å². The lowest BCUT2D eigenvalue weighted by Gasteiger charge is -2.57. The standard InChI is InChI=1S/C16H24FN/c1-4-15(5-2)10-16(11-15,12-18-3)13-8-6-7-9-14(13)17/h6-9,18H,4-5,10-12H2,1-3H3. The van der Waals surface area contributed by atoms with E-state index in [2.05, 4.69) is 19.2 Å². The van der Waals surface area contributed by atoms with E-state index in [4.69, 9.17) is 0 Å². The first-order chi connectivity index (χ1) is 8.61. The molecule has 1 aliphatic carbocycles. The zero-order chi connectivity index (χ0) is 13.2. The molecule has 0 bridgehead atoms. The molecule has 0 saturated heterocycles. The third kappa shape index (κ3) is 2.07. The highest BCUT2D eigenvalue weighted by molar-refractivity contribution is 5.32. The Balaban J connectivity index is 2.29. The number of halogens is 1. The highest BCUT2D eigenvalue weighted by atomic mass is 19.1. The van der Waals surface area contributed by atoms with Gasteiger partial charge in [-0.05, 0) is 36.9 Å². The number of nitrogens with one attached hydrogen (secondary N) is 1. The van der Waals surface area contributed by atoms with E-state index < -0.39 is 0 Å². The number of rotatable bonds is 5. The van der Waals surface area contributed by atoms with Crippen LogP contribution >= 0.6 is 0 Å². The first-order valence-corrected chi connectivity index (χ1v) is 7.01. The lowest BCUT2D eigenvalue weighted by molar-refractivity contribution is 0.0119. The SMILES string of the molecule is CCC1(CC)CC(CNC)(c2ccccc2F)C1. The molecule has 18 heavy (non-hydrogen) atoms. The Morgan fingerprint density at radius 2 is 1.78 bits per heavy atom. The topological polar surface area (TPSA) is 12.0 Å². The summed E-state index contributed by atoms with van der Waals surface area (Å²) in [7, 11) is 1.96. The minimum atomic E-state index is -0.0476. The van der Waals surface area contributed by atoms with E-state index in [1.54, 1.807) is 12.1 Å². The molecule has 0 unspecified atom stereocenters. The van der Waals surface area contributed by atoms with Gasteiger partial charge in [0.25, 0.3) is 0 Å². The molecular formula is C16H24FN. The summed E-state index contributed by atoms with van der Waals surface area (Å²) in [6.45, 7) is 5.39. The fourth-order valence-electron chi connectivity index (χ4n) is 3.77. The van der Waals surface area contributed by atoms with E-state index in [-0.39, 0.29) is 11.2 Å². The van der Waals surface area contributed by atoms with E-state index >= 15 is 0 Å². The second kappa shape index (κ2) is 5.00. The van der Waals surface area contributed by atoms with Gasteiger partial charge in [-0.1, -0.05) is 44.9 Å². The maximum absolute atomic E-state index is 14.1. The van der Waals surface area contributed by atoms with Gasteiger partial charge in [-0.25, -0.2) is 4.39 Å². The second-order valence-corrected chi connectivity index (χ2v) is 5.85. The van der Waals surface area contributed by atoms with E-state index in [9.17, 15) is 4.39 Å². The zero-order valence-electron chi connectivity index (χ0n) is 11.7. The Labute approximate surface area is 110 Å². The molecule has 0 spiro atoms. The highest BCUT2D eigenvalue weighted by Gasteiger charge is 2.53. The van der Waals surface area contributed by atoms with Crippen LogP contribution in [-0.2, 0) is 5.41 Å². The summed E-state index contributed by atoms with van der Waals surface area (Å²) >= 11 is 0. The van der Waals surface area contributed by atoms with Crippen LogP contribution in [-0.4, -0.2) is 13.6 Å². The van der Waals surface area contributed by atoms with Crippen molar-refractivity contribution in [3.8, 4) is 0 Å². The van der Waals surface area contributed by atoms with Crippen molar-refractivity contribution in [2.45, 2.75) is 44.9 Å². The minimum absolute atomic E-state index is 0.00606. The van der Waals surface area contributed by atoms with Gasteiger partial charge in [0.05, 0.1) is 0 Å². The molecular weight excluding hydrogens is 225 g/mol. The Bertz CT molecular complexity index is 401. The van der Waals surface area contributed by atoms with Crippen LogP contribution in [0.1, 0.15) is 45.1 Å². The van der Waals surface area contributed by atoms with Gasteiger partial charge >= 0.3 is 0 Å². The van der Waals surface area contributed by atoms with Gasteiger partial charge < -0.3 is 5.32 Å². The fraction of sp³-hybridized carbons (Fsp3) is 0.625. The van der Waals surface area contributed by atoms with Gasteiger partial charge in [0.1, 0.15) is 5.82 Å². The maximum Gasteiger partial charge on any atom is 0.127 e. The van der Waals surface area contributed by atoms with E-state index in [1.165, 1.54) is 12.8 Å². The van der Waals surface area contributed by atoms with Crippen LogP contribution in [0, 0.1) is 11.2 Å². The summed E-state index contributed by atoms with van der Waals surface area (Å²) in [6.07, 6.45) is 4.61. The van der Waals surface area contributed by atoms with Gasteiger partial charge in [-0.3, -0.25) is 0 Å². The van der Waals surface area contributed by atoms with E-state index in [0.717, 1.165) is 24.9 Å². The van der Waals surface area contributed by atoms with Crippen molar-refractivity contribution in [2.24, 2.45) is 5.41 Å². The van der Waals surface area contributed by atoms with Crippen molar-refractivity contribution in [3.05, 3.63) is 35.6 Å². The van der Waals surface area contributed by atoms with Crippen molar-refractivity contribution < 1.29 is 4.39 Å². The second-order valence-electron chi connectivity index (χ2n) is 5.85. The maximum atomic E-state index is 14.1. The summed E-state index contributed by atoms with van der Waals surface area (Å²) in [5, 5.41) is 3.26. The van der Waals surface area contributed by atoms with Crippen LogP contribution in [0.5, 0.6) is 0 Å². The number of benzene rings is 1. The van der Waals surface area contributed by atoms with Gasteiger partial charge in [0, 0.05) is 12.0 Å². The van der Waals surface area contributed by atoms with Crippen molar-refractivity contribution in [2.75, 3.05) is 13.6 Å². The van der Waals surface area contributed by atoms with Crippen LogP contribution in [0.2, 0.25) is 0 Å². The summed E-state index contributed by atoms with van der Waals surface area (Å²) in [4.78, 5) is 0. The molecule has 1 N–H and O–H groups in total. The number of hydrogen-bond donors (Lipinski definition) is 1. The third-order valence-corrected chi connectivity index (χ3v) is 4.89. The molecule has 0 heterocycles. The van der Waals surface area contributed by atoms with Crippen LogP contribution in [0.15, 0.2) is 24.3 Å². The minimum Gasteiger partial charge on any atom is -0.319 e. The Hall–Kier alpha value is -0.890. The Morgan fingerprint density at radius 1 is 1.17 bits per heavy atom. The molecule has 2 rings (SSSR count). The Morgan fingerprint density at radius 3 is 2.28 bits per heavy atom. The third-order valence-electron chi connectivity index (χ3n) is 4.89. The largest absolute Gasteiger partial charge is 0.319 e. The van der Waals surface area contributed by atoms with Gasteiger partial charge in [-0.2, -0.15) is 0 Å². The summed E-state index contributed by atoms with van der Waals surface area (Å²) in [6, 6.07) is 7.28. The zero-order valence-corrected chi connectivity index (χ0v) is 11.7. The molecule has 0 amide bonds. The van der Waals surface area contributed by atoms with Crippen LogP contribution in [0.4, 0.5) is 4.39 Å². The molecule has 1 aliphatic rings. The van der Waals surface area contributed by atoms with Crippen LogP contribution in [0.3, 0.4) is 0 Å². The first kappa shape index (κ1) is 13.5. The van der Waals surface area contributed by atoms with Crippen molar-refractivity contribution >= 4 is 0 Å². The van der Waals surface area contributed by atoms with Crippen LogP contribution < -0.4 is 5.32 Å². The normalized spacial score (nSPS) is 20.4. The number of hydrogen-bond acceptors (Lipinski definition) is 1. The predicted octanol–water partition coefficient (Wildman–Crippen LogP) is 3.88. The molecule has 0 aromatic heterocycles. The van der Waals surface area contributed by atoms with Crippen molar-refractivity contribution in [1.29, 1.82) is 0 Å². The lowest BCUT2D eigenvalue weighted by atomic mass is 9.48. The smallest absolute Gasteiger partial charge is 0.127 e. The first-order valence-electron chi connectivity index (χ1n) is 7.01. The average molecular weight is 249 g/mol. The molecule has 1 aromatic carbocycles. The number of likely N-dealkylation sites (N-methyl/N-ethyl adjacent to an activating group) is 1. The molecule has 1 fully saturated rings. The predicted molar refractivity (Wildman–Crippen MR) is 74.3 cm³/mol. The summed E-state index contributed by atoms with van der Waals surface area (Å²) in [5.74, 6) is -0.0476. The quantitative estimate of drug-likeness (QED) is 0.835. The van der Waals surface area contributed by atoms with Crippen molar-refractivity contribution in [3.63, 3.8) is 0 Å². The summed E-state index contributed by atoms with van der Waals surface area (Å²) in [5.41, 5.74) is 1.34. The molecule has 1 nitrogen and oxygen atoms in total. The lowest BCUT2D eigenvalue weighted by Crippen LogP contribution is -2.54. The Kier molecular flexibility index (Phi) is 3.76. The van der Waals surface area contributed by atoms with Gasteiger partial charge in [0.15, 0.2) is 0 Å². The molecule has 1 aromatic rings.